The van der Waals surface area contributed by atoms with Gasteiger partial charge in [-0.1, -0.05) is 19.1 Å². The minimum Gasteiger partial charge on any atom is -0.496 e. The van der Waals surface area contributed by atoms with Gasteiger partial charge in [0.25, 0.3) is 0 Å². The van der Waals surface area contributed by atoms with Crippen LogP contribution in [0, 0.1) is 6.92 Å². The van der Waals surface area contributed by atoms with E-state index in [0.717, 1.165) is 18.7 Å². The van der Waals surface area contributed by atoms with E-state index in [9.17, 15) is 0 Å². The van der Waals surface area contributed by atoms with Gasteiger partial charge in [0.15, 0.2) is 0 Å². The van der Waals surface area contributed by atoms with Crippen molar-refractivity contribution in [3.63, 3.8) is 0 Å². The Morgan fingerprint density at radius 1 is 1.26 bits per heavy atom. The third-order valence-electron chi connectivity index (χ3n) is 3.00. The molecule has 0 fully saturated rings. The first kappa shape index (κ1) is 16.0. The smallest absolute Gasteiger partial charge is 0.123 e. The van der Waals surface area contributed by atoms with Gasteiger partial charge in [0.05, 0.1) is 25.9 Å². The molecule has 19 heavy (non-hydrogen) atoms. The quantitative estimate of drug-likeness (QED) is 0.780. The van der Waals surface area contributed by atoms with Crippen LogP contribution in [0.1, 0.15) is 44.4 Å². The van der Waals surface area contributed by atoms with Gasteiger partial charge < -0.3 is 14.8 Å². The number of ether oxygens (including phenoxy) is 2. The fraction of sp³-hybridized carbons (Fsp3) is 0.625. The Bertz CT molecular complexity index is 377. The summed E-state index contributed by atoms with van der Waals surface area (Å²) in [6.45, 7) is 10.00. The summed E-state index contributed by atoms with van der Waals surface area (Å²) in [6, 6.07) is 6.50. The molecular weight excluding hydrogens is 238 g/mol. The first-order chi connectivity index (χ1) is 9.08. The largest absolute Gasteiger partial charge is 0.496 e. The maximum absolute atomic E-state index is 5.77. The zero-order valence-corrected chi connectivity index (χ0v) is 12.8. The van der Waals surface area contributed by atoms with E-state index in [1.807, 2.05) is 0 Å². The van der Waals surface area contributed by atoms with Crippen LogP contribution in [0.2, 0.25) is 0 Å². The van der Waals surface area contributed by atoms with Crippen LogP contribution in [0.15, 0.2) is 18.2 Å². The Kier molecular flexibility index (Phi) is 6.89. The predicted molar refractivity (Wildman–Crippen MR) is 79.9 cm³/mol. The van der Waals surface area contributed by atoms with E-state index >= 15 is 0 Å². The molecule has 0 saturated carbocycles. The highest BCUT2D eigenvalue weighted by Crippen LogP contribution is 2.26. The van der Waals surface area contributed by atoms with Crippen molar-refractivity contribution >= 4 is 0 Å². The number of aryl methyl sites for hydroxylation is 1. The van der Waals surface area contributed by atoms with E-state index in [0.29, 0.717) is 6.61 Å². The van der Waals surface area contributed by atoms with Crippen molar-refractivity contribution in [3.8, 4) is 5.75 Å². The van der Waals surface area contributed by atoms with Crippen LogP contribution in [0.5, 0.6) is 5.75 Å². The summed E-state index contributed by atoms with van der Waals surface area (Å²) in [5.74, 6) is 0.931. The first-order valence-corrected chi connectivity index (χ1v) is 7.08. The molecule has 0 aliphatic heterocycles. The van der Waals surface area contributed by atoms with Gasteiger partial charge in [-0.15, -0.1) is 0 Å². The van der Waals surface area contributed by atoms with Gasteiger partial charge in [-0.2, -0.15) is 0 Å². The van der Waals surface area contributed by atoms with E-state index in [2.05, 4.69) is 51.2 Å². The summed E-state index contributed by atoms with van der Waals surface area (Å²) < 4.78 is 11.3. The molecule has 0 saturated heterocycles. The third-order valence-corrected chi connectivity index (χ3v) is 3.00. The van der Waals surface area contributed by atoms with Crippen LogP contribution in [-0.4, -0.2) is 26.4 Å². The molecule has 1 N–H and O–H groups in total. The van der Waals surface area contributed by atoms with E-state index < -0.39 is 0 Å². The second-order valence-corrected chi connectivity index (χ2v) is 5.13. The number of hydrogen-bond donors (Lipinski definition) is 1. The molecular formula is C16H27NO2. The molecule has 0 heterocycles. The highest BCUT2D eigenvalue weighted by atomic mass is 16.5. The summed E-state index contributed by atoms with van der Waals surface area (Å²) in [4.78, 5) is 0. The minimum atomic E-state index is 0.179. The van der Waals surface area contributed by atoms with Gasteiger partial charge in [0, 0.05) is 5.56 Å². The van der Waals surface area contributed by atoms with Crippen molar-refractivity contribution in [1.29, 1.82) is 0 Å². The Labute approximate surface area is 117 Å². The zero-order valence-electron chi connectivity index (χ0n) is 12.8. The van der Waals surface area contributed by atoms with E-state index in [4.69, 9.17) is 9.47 Å². The molecule has 0 amide bonds. The monoisotopic (exact) mass is 265 g/mol. The van der Waals surface area contributed by atoms with E-state index in [1.54, 1.807) is 7.11 Å². The van der Waals surface area contributed by atoms with Crippen LogP contribution in [-0.2, 0) is 4.74 Å². The molecule has 108 valence electrons. The van der Waals surface area contributed by atoms with Crippen molar-refractivity contribution in [2.75, 3.05) is 20.3 Å². The molecule has 1 rings (SSSR count). The van der Waals surface area contributed by atoms with Gasteiger partial charge in [0.1, 0.15) is 5.75 Å². The second kappa shape index (κ2) is 8.18. The van der Waals surface area contributed by atoms with Crippen LogP contribution < -0.4 is 10.1 Å². The highest BCUT2D eigenvalue weighted by Gasteiger charge is 2.16. The number of hydrogen-bond acceptors (Lipinski definition) is 3. The molecule has 1 aromatic rings. The summed E-state index contributed by atoms with van der Waals surface area (Å²) in [5.41, 5.74) is 2.38. The minimum absolute atomic E-state index is 0.179. The molecule has 3 nitrogen and oxygen atoms in total. The summed E-state index contributed by atoms with van der Waals surface area (Å²) >= 11 is 0. The Morgan fingerprint density at radius 3 is 2.58 bits per heavy atom. The van der Waals surface area contributed by atoms with Crippen LogP contribution >= 0.6 is 0 Å². The third kappa shape index (κ3) is 5.21. The van der Waals surface area contributed by atoms with Crippen LogP contribution in [0.3, 0.4) is 0 Å². The molecule has 3 heteroatoms. The van der Waals surface area contributed by atoms with Crippen molar-refractivity contribution in [1.82, 2.24) is 5.32 Å². The average Bonchev–Trinajstić information content (AvgIpc) is 2.39. The molecule has 0 radical (unpaired) electrons. The summed E-state index contributed by atoms with van der Waals surface area (Å²) in [7, 11) is 1.72. The van der Waals surface area contributed by atoms with Gasteiger partial charge in [-0.3, -0.25) is 0 Å². The van der Waals surface area contributed by atoms with Crippen LogP contribution in [0.4, 0.5) is 0 Å². The van der Waals surface area contributed by atoms with Crippen molar-refractivity contribution < 1.29 is 9.47 Å². The lowest BCUT2D eigenvalue weighted by molar-refractivity contribution is 0.0606. The van der Waals surface area contributed by atoms with Crippen molar-refractivity contribution in [2.24, 2.45) is 0 Å². The molecule has 1 aromatic carbocycles. The Morgan fingerprint density at radius 2 is 2.00 bits per heavy atom. The zero-order chi connectivity index (χ0) is 14.3. The van der Waals surface area contributed by atoms with Crippen molar-refractivity contribution in [3.05, 3.63) is 29.3 Å². The maximum Gasteiger partial charge on any atom is 0.123 e. The fourth-order valence-corrected chi connectivity index (χ4v) is 1.97. The van der Waals surface area contributed by atoms with Crippen molar-refractivity contribution in [2.45, 2.75) is 46.3 Å². The molecule has 1 atom stereocenters. The SMILES string of the molecule is CCCNC(COC(C)C)c1ccc(C)cc1OC. The lowest BCUT2D eigenvalue weighted by atomic mass is 10.0. The molecule has 0 aliphatic rings. The maximum atomic E-state index is 5.77. The predicted octanol–water partition coefficient (Wildman–Crippen LogP) is 3.47. The molecule has 0 aromatic heterocycles. The number of rotatable bonds is 8. The van der Waals surface area contributed by atoms with E-state index in [1.165, 1.54) is 11.1 Å². The lowest BCUT2D eigenvalue weighted by Gasteiger charge is -2.22. The molecule has 0 aliphatic carbocycles. The Balaban J connectivity index is 2.88. The first-order valence-electron chi connectivity index (χ1n) is 7.08. The van der Waals surface area contributed by atoms with Gasteiger partial charge in [0.2, 0.25) is 0 Å². The highest BCUT2D eigenvalue weighted by molar-refractivity contribution is 5.39. The van der Waals surface area contributed by atoms with Crippen LogP contribution in [0.25, 0.3) is 0 Å². The van der Waals surface area contributed by atoms with Gasteiger partial charge in [-0.25, -0.2) is 0 Å². The fourth-order valence-electron chi connectivity index (χ4n) is 1.97. The molecule has 0 spiro atoms. The lowest BCUT2D eigenvalue weighted by Crippen LogP contribution is -2.28. The summed E-state index contributed by atoms with van der Waals surface area (Å²) in [6.07, 6.45) is 1.34. The van der Waals surface area contributed by atoms with Gasteiger partial charge >= 0.3 is 0 Å². The van der Waals surface area contributed by atoms with E-state index in [-0.39, 0.29) is 12.1 Å². The topological polar surface area (TPSA) is 30.5 Å². The molecule has 0 bridgehead atoms. The number of nitrogens with one attached hydrogen (secondary N) is 1. The average molecular weight is 265 g/mol. The standard InChI is InChI=1S/C16H27NO2/c1-6-9-17-15(11-19-12(2)3)14-8-7-13(4)10-16(14)18-5/h7-8,10,12,15,17H,6,9,11H2,1-5H3. The molecule has 1 unspecified atom stereocenters. The Hall–Kier alpha value is -1.06. The second-order valence-electron chi connectivity index (χ2n) is 5.13. The van der Waals surface area contributed by atoms with Gasteiger partial charge in [-0.05, 0) is 45.4 Å². The normalized spacial score (nSPS) is 12.7. The summed E-state index contributed by atoms with van der Waals surface area (Å²) in [5, 5.41) is 3.53. The number of methoxy groups -OCH3 is 1. The number of benzene rings is 1.